The van der Waals surface area contributed by atoms with Crippen molar-refractivity contribution in [3.8, 4) is 5.75 Å². The van der Waals surface area contributed by atoms with E-state index in [1.165, 1.54) is 12.1 Å². The van der Waals surface area contributed by atoms with E-state index in [4.69, 9.17) is 10.5 Å². The molecule has 1 fully saturated rings. The number of nitrogens with zero attached hydrogens (tertiary/aromatic N) is 3. The van der Waals surface area contributed by atoms with Gasteiger partial charge >= 0.3 is 12.3 Å². The summed E-state index contributed by atoms with van der Waals surface area (Å²) < 4.78 is 46.5. The van der Waals surface area contributed by atoms with Gasteiger partial charge in [-0.2, -0.15) is 13.2 Å². The van der Waals surface area contributed by atoms with E-state index in [0.717, 1.165) is 5.56 Å². The number of amides is 1. The zero-order valence-corrected chi connectivity index (χ0v) is 19.6. The van der Waals surface area contributed by atoms with Crippen molar-refractivity contribution in [2.45, 2.75) is 39.1 Å². The minimum Gasteiger partial charge on any atom is -0.484 e. The highest BCUT2D eigenvalue weighted by Crippen LogP contribution is 2.19. The van der Waals surface area contributed by atoms with Crippen LogP contribution in [0.25, 0.3) is 0 Å². The van der Waals surface area contributed by atoms with Gasteiger partial charge in [0.1, 0.15) is 11.4 Å². The number of aliphatic imine (C=N–C) groups is 1. The highest BCUT2D eigenvalue weighted by atomic mass is 127. The third-order valence-electron chi connectivity index (χ3n) is 4.00. The first-order chi connectivity index (χ1) is 13.4. The number of hydrogen-bond donors (Lipinski definition) is 1. The fourth-order valence-electron chi connectivity index (χ4n) is 2.57. The maximum atomic E-state index is 12.2. The molecule has 0 spiro atoms. The number of alkyl halides is 3. The first-order valence-electron chi connectivity index (χ1n) is 9.24. The molecular weight excluding hydrogens is 516 g/mol. The topological polar surface area (TPSA) is 80.4 Å². The van der Waals surface area contributed by atoms with Crippen LogP contribution in [0.3, 0.4) is 0 Å². The normalized spacial score (nSPS) is 15.5. The SMILES string of the molecule is CC(C)(C)OC(=O)N1CCN(C(N)=NCc2ccc(OCC(F)(F)F)cc2)CC1.I. The van der Waals surface area contributed by atoms with Crippen LogP contribution in [0.2, 0.25) is 0 Å². The molecule has 0 atom stereocenters. The van der Waals surface area contributed by atoms with Gasteiger partial charge in [0.2, 0.25) is 0 Å². The molecule has 1 aromatic carbocycles. The van der Waals surface area contributed by atoms with E-state index in [-0.39, 0.29) is 42.4 Å². The standard InChI is InChI=1S/C19H27F3N4O3.HI/c1-18(2,3)29-17(27)26-10-8-25(9-11-26)16(23)24-12-14-4-6-15(7-5-14)28-13-19(20,21)22;/h4-7H,8-13H2,1-3H3,(H2,23,24);1H. The summed E-state index contributed by atoms with van der Waals surface area (Å²) in [7, 11) is 0. The lowest BCUT2D eigenvalue weighted by atomic mass is 10.2. The number of guanidine groups is 1. The third-order valence-corrected chi connectivity index (χ3v) is 4.00. The molecule has 0 aromatic heterocycles. The lowest BCUT2D eigenvalue weighted by Gasteiger charge is -2.36. The van der Waals surface area contributed by atoms with Crippen molar-refractivity contribution in [2.24, 2.45) is 10.7 Å². The zero-order valence-electron chi connectivity index (χ0n) is 17.2. The Morgan fingerprint density at radius 2 is 1.60 bits per heavy atom. The van der Waals surface area contributed by atoms with Crippen LogP contribution < -0.4 is 10.5 Å². The van der Waals surface area contributed by atoms with E-state index in [2.05, 4.69) is 9.73 Å². The summed E-state index contributed by atoms with van der Waals surface area (Å²) in [6.45, 7) is 6.47. The van der Waals surface area contributed by atoms with E-state index in [1.54, 1.807) is 17.0 Å². The highest BCUT2D eigenvalue weighted by Gasteiger charge is 2.28. The molecule has 0 radical (unpaired) electrons. The number of hydrogen-bond acceptors (Lipinski definition) is 4. The molecule has 2 N–H and O–H groups in total. The average molecular weight is 544 g/mol. The number of benzene rings is 1. The van der Waals surface area contributed by atoms with Gasteiger partial charge in [-0.25, -0.2) is 9.79 Å². The monoisotopic (exact) mass is 544 g/mol. The molecule has 0 bridgehead atoms. The fourth-order valence-corrected chi connectivity index (χ4v) is 2.57. The van der Waals surface area contributed by atoms with Gasteiger partial charge in [0.15, 0.2) is 12.6 Å². The van der Waals surface area contributed by atoms with Gasteiger partial charge in [-0.05, 0) is 38.5 Å². The van der Waals surface area contributed by atoms with Gasteiger partial charge in [0.05, 0.1) is 6.54 Å². The van der Waals surface area contributed by atoms with Crippen molar-refractivity contribution in [1.82, 2.24) is 9.80 Å². The second-order valence-corrected chi connectivity index (χ2v) is 7.68. The van der Waals surface area contributed by atoms with Gasteiger partial charge in [-0.3, -0.25) is 0 Å². The Kier molecular flexibility index (Phi) is 9.50. The van der Waals surface area contributed by atoms with Gasteiger partial charge in [-0.15, -0.1) is 24.0 Å². The van der Waals surface area contributed by atoms with Crippen molar-refractivity contribution < 1.29 is 27.4 Å². The van der Waals surface area contributed by atoms with Gasteiger partial charge in [0, 0.05) is 26.2 Å². The molecule has 1 amide bonds. The summed E-state index contributed by atoms with van der Waals surface area (Å²) >= 11 is 0. The Morgan fingerprint density at radius 1 is 1.07 bits per heavy atom. The molecule has 7 nitrogen and oxygen atoms in total. The molecule has 0 aliphatic carbocycles. The number of carbonyl (C=O) groups excluding carboxylic acids is 1. The van der Waals surface area contributed by atoms with E-state index in [9.17, 15) is 18.0 Å². The quantitative estimate of drug-likeness (QED) is 0.356. The molecule has 1 aromatic rings. The van der Waals surface area contributed by atoms with Gasteiger partial charge in [0.25, 0.3) is 0 Å². The van der Waals surface area contributed by atoms with Crippen LogP contribution >= 0.6 is 24.0 Å². The van der Waals surface area contributed by atoms with Crippen molar-refractivity contribution >= 4 is 36.0 Å². The van der Waals surface area contributed by atoms with Crippen molar-refractivity contribution in [3.05, 3.63) is 29.8 Å². The lowest BCUT2D eigenvalue weighted by molar-refractivity contribution is -0.153. The molecule has 0 unspecified atom stereocenters. The molecule has 170 valence electrons. The Bertz CT molecular complexity index is 713. The van der Waals surface area contributed by atoms with E-state index in [0.29, 0.717) is 32.1 Å². The lowest BCUT2D eigenvalue weighted by Crippen LogP contribution is -2.53. The second-order valence-electron chi connectivity index (χ2n) is 7.68. The predicted molar refractivity (Wildman–Crippen MR) is 118 cm³/mol. The number of nitrogens with two attached hydrogens (primary N) is 1. The Morgan fingerprint density at radius 3 is 2.10 bits per heavy atom. The van der Waals surface area contributed by atoms with E-state index >= 15 is 0 Å². The number of halogens is 4. The van der Waals surface area contributed by atoms with Gasteiger partial charge < -0.3 is 25.0 Å². The first kappa shape index (κ1) is 26.1. The summed E-state index contributed by atoms with van der Waals surface area (Å²) in [6.07, 6.45) is -4.72. The van der Waals surface area contributed by atoms with Crippen molar-refractivity contribution in [1.29, 1.82) is 0 Å². The van der Waals surface area contributed by atoms with Crippen LogP contribution in [-0.2, 0) is 11.3 Å². The summed E-state index contributed by atoms with van der Waals surface area (Å²) in [5, 5.41) is 0. The van der Waals surface area contributed by atoms with Crippen LogP contribution in [0.4, 0.5) is 18.0 Å². The molecule has 11 heteroatoms. The maximum Gasteiger partial charge on any atom is 0.422 e. The number of ether oxygens (including phenoxy) is 2. The predicted octanol–water partition coefficient (Wildman–Crippen LogP) is 3.61. The zero-order chi connectivity index (χ0) is 21.7. The van der Waals surface area contributed by atoms with Crippen LogP contribution in [0, 0.1) is 0 Å². The summed E-state index contributed by atoms with van der Waals surface area (Å²) in [6, 6.07) is 6.21. The molecule has 1 heterocycles. The third kappa shape index (κ3) is 9.26. The van der Waals surface area contributed by atoms with E-state index in [1.807, 2.05) is 25.7 Å². The summed E-state index contributed by atoms with van der Waals surface area (Å²) in [5.41, 5.74) is 6.29. The number of rotatable bonds is 4. The Balaban J connectivity index is 0.00000450. The average Bonchev–Trinajstić information content (AvgIpc) is 2.63. The Labute approximate surface area is 191 Å². The van der Waals surface area contributed by atoms with E-state index < -0.39 is 18.4 Å². The van der Waals surface area contributed by atoms with Crippen LogP contribution in [0.5, 0.6) is 5.75 Å². The summed E-state index contributed by atoms with van der Waals surface area (Å²) in [4.78, 5) is 19.9. The van der Waals surface area contributed by atoms with Crippen molar-refractivity contribution in [3.63, 3.8) is 0 Å². The van der Waals surface area contributed by atoms with Crippen LogP contribution in [0.15, 0.2) is 29.3 Å². The molecular formula is C19H28F3IN4O3. The summed E-state index contributed by atoms with van der Waals surface area (Å²) in [5.74, 6) is 0.493. The first-order valence-corrected chi connectivity index (χ1v) is 9.24. The maximum absolute atomic E-state index is 12.2. The minimum atomic E-state index is -4.37. The van der Waals surface area contributed by atoms with Crippen molar-refractivity contribution in [2.75, 3.05) is 32.8 Å². The largest absolute Gasteiger partial charge is 0.484 e. The smallest absolute Gasteiger partial charge is 0.422 e. The molecule has 2 rings (SSSR count). The van der Waals surface area contributed by atoms with Crippen LogP contribution in [-0.4, -0.2) is 66.4 Å². The molecule has 30 heavy (non-hydrogen) atoms. The molecule has 1 aliphatic rings. The number of carbonyl (C=O) groups is 1. The molecule has 0 saturated carbocycles. The number of piperazine rings is 1. The van der Waals surface area contributed by atoms with Gasteiger partial charge in [-0.1, -0.05) is 12.1 Å². The molecule has 1 saturated heterocycles. The Hall–Kier alpha value is -1.92. The molecule has 1 aliphatic heterocycles. The second kappa shape index (κ2) is 10.9. The van der Waals surface area contributed by atoms with Crippen LogP contribution in [0.1, 0.15) is 26.3 Å². The minimum absolute atomic E-state index is 0. The highest BCUT2D eigenvalue weighted by molar-refractivity contribution is 14.0. The fraction of sp³-hybridized carbons (Fsp3) is 0.579.